The Morgan fingerprint density at radius 2 is 2.00 bits per heavy atom. The summed E-state index contributed by atoms with van der Waals surface area (Å²) in [5.74, 6) is 1.43. The first kappa shape index (κ1) is 16.8. The second kappa shape index (κ2) is 7.68. The summed E-state index contributed by atoms with van der Waals surface area (Å²) >= 11 is 6.11. The van der Waals surface area contributed by atoms with E-state index in [0.717, 1.165) is 32.0 Å². The molecule has 2 aromatic rings. The molecule has 0 spiro atoms. The van der Waals surface area contributed by atoms with Crippen molar-refractivity contribution in [3.8, 4) is 5.75 Å². The van der Waals surface area contributed by atoms with E-state index in [2.05, 4.69) is 15.3 Å². The van der Waals surface area contributed by atoms with Crippen molar-refractivity contribution in [2.24, 2.45) is 0 Å². The predicted molar refractivity (Wildman–Crippen MR) is 95.1 cm³/mol. The molecule has 1 fully saturated rings. The zero-order chi connectivity index (χ0) is 16.9. The van der Waals surface area contributed by atoms with Crippen molar-refractivity contribution in [3.05, 3.63) is 51.8 Å². The Labute approximate surface area is 146 Å². The zero-order valence-corrected chi connectivity index (χ0v) is 14.4. The van der Waals surface area contributed by atoms with E-state index >= 15 is 0 Å². The standard InChI is InChI=1S/C17H21ClN4O2/c1-13(24-15-5-3-2-4-14(15)18)12-22-17(23)7-6-16(20-22)21-10-8-19-9-11-21/h2-7,13,19H,8-12H2,1H3/t13-/m1/s1. The van der Waals surface area contributed by atoms with Crippen LogP contribution in [0.25, 0.3) is 0 Å². The number of aromatic nitrogens is 2. The Kier molecular flexibility index (Phi) is 5.37. The lowest BCUT2D eigenvalue weighted by Crippen LogP contribution is -2.44. The molecule has 0 radical (unpaired) electrons. The van der Waals surface area contributed by atoms with Crippen LogP contribution in [0.15, 0.2) is 41.2 Å². The minimum absolute atomic E-state index is 0.136. The highest BCUT2D eigenvalue weighted by Crippen LogP contribution is 2.24. The highest BCUT2D eigenvalue weighted by atomic mass is 35.5. The van der Waals surface area contributed by atoms with Crippen LogP contribution in [0.5, 0.6) is 5.75 Å². The number of anilines is 1. The second-order valence-corrected chi connectivity index (χ2v) is 6.22. The van der Waals surface area contributed by atoms with Gasteiger partial charge in [-0.15, -0.1) is 0 Å². The molecule has 0 unspecified atom stereocenters. The van der Waals surface area contributed by atoms with Crippen LogP contribution >= 0.6 is 11.6 Å². The van der Waals surface area contributed by atoms with Gasteiger partial charge in [0.05, 0.1) is 11.6 Å². The molecule has 1 aliphatic rings. The minimum atomic E-state index is -0.228. The van der Waals surface area contributed by atoms with Gasteiger partial charge in [0, 0.05) is 32.2 Å². The first-order valence-electron chi connectivity index (χ1n) is 8.08. The number of nitrogens with zero attached hydrogens (tertiary/aromatic N) is 3. The molecule has 6 nitrogen and oxygen atoms in total. The fourth-order valence-electron chi connectivity index (χ4n) is 2.67. The van der Waals surface area contributed by atoms with Gasteiger partial charge in [-0.1, -0.05) is 23.7 Å². The maximum absolute atomic E-state index is 12.1. The largest absolute Gasteiger partial charge is 0.487 e. The molecular formula is C17H21ClN4O2. The maximum Gasteiger partial charge on any atom is 0.266 e. The van der Waals surface area contributed by atoms with Gasteiger partial charge in [-0.3, -0.25) is 4.79 Å². The third-order valence-corrected chi connectivity index (χ3v) is 4.20. The number of halogens is 1. The summed E-state index contributed by atoms with van der Waals surface area (Å²) in [6, 6.07) is 10.6. The number of nitrogens with one attached hydrogen (secondary N) is 1. The average Bonchev–Trinajstić information content (AvgIpc) is 2.60. The monoisotopic (exact) mass is 348 g/mol. The summed E-state index contributed by atoms with van der Waals surface area (Å²) in [4.78, 5) is 14.3. The number of piperazine rings is 1. The third kappa shape index (κ3) is 4.07. The predicted octanol–water partition coefficient (Wildman–Crippen LogP) is 1.77. The lowest BCUT2D eigenvalue weighted by molar-refractivity contribution is 0.191. The Morgan fingerprint density at radius 1 is 1.25 bits per heavy atom. The van der Waals surface area contributed by atoms with Gasteiger partial charge in [0.1, 0.15) is 17.7 Å². The molecule has 0 bridgehead atoms. The van der Waals surface area contributed by atoms with Gasteiger partial charge >= 0.3 is 0 Å². The third-order valence-electron chi connectivity index (χ3n) is 3.89. The molecule has 7 heteroatoms. The van der Waals surface area contributed by atoms with Crippen molar-refractivity contribution in [1.82, 2.24) is 15.1 Å². The van der Waals surface area contributed by atoms with Crippen molar-refractivity contribution >= 4 is 17.4 Å². The number of hydrogen-bond donors (Lipinski definition) is 1. The number of rotatable bonds is 5. The molecule has 0 aliphatic carbocycles. The first-order valence-corrected chi connectivity index (χ1v) is 8.46. The molecule has 1 aromatic heterocycles. The highest BCUT2D eigenvalue weighted by molar-refractivity contribution is 6.32. The smallest absolute Gasteiger partial charge is 0.266 e. The van der Waals surface area contributed by atoms with E-state index in [1.807, 2.05) is 25.1 Å². The molecule has 24 heavy (non-hydrogen) atoms. The number of ether oxygens (including phenoxy) is 1. The SMILES string of the molecule is C[C@H](Cn1nc(N2CCNCC2)ccc1=O)Oc1ccccc1Cl. The average molecular weight is 349 g/mol. The van der Waals surface area contributed by atoms with Gasteiger partial charge in [-0.2, -0.15) is 5.10 Å². The van der Waals surface area contributed by atoms with E-state index in [4.69, 9.17) is 16.3 Å². The molecule has 2 heterocycles. The number of benzene rings is 1. The van der Waals surface area contributed by atoms with Gasteiger partial charge in [0.15, 0.2) is 0 Å². The van der Waals surface area contributed by atoms with Crippen LogP contribution < -0.4 is 20.5 Å². The maximum atomic E-state index is 12.1. The Hall–Kier alpha value is -2.05. The van der Waals surface area contributed by atoms with Crippen LogP contribution in [0.2, 0.25) is 5.02 Å². The summed E-state index contributed by atoms with van der Waals surface area (Å²) in [5.41, 5.74) is -0.136. The topological polar surface area (TPSA) is 59.4 Å². The summed E-state index contributed by atoms with van der Waals surface area (Å²) < 4.78 is 7.29. The molecule has 1 aliphatic heterocycles. The molecule has 1 N–H and O–H groups in total. The Balaban J connectivity index is 1.71. The Morgan fingerprint density at radius 3 is 2.75 bits per heavy atom. The van der Waals surface area contributed by atoms with Crippen molar-refractivity contribution in [3.63, 3.8) is 0 Å². The lowest BCUT2D eigenvalue weighted by Gasteiger charge is -2.28. The van der Waals surface area contributed by atoms with Crippen molar-refractivity contribution in [2.45, 2.75) is 19.6 Å². The van der Waals surface area contributed by atoms with E-state index in [1.54, 1.807) is 18.2 Å². The van der Waals surface area contributed by atoms with E-state index in [1.165, 1.54) is 4.68 Å². The molecule has 128 valence electrons. The first-order chi connectivity index (χ1) is 11.6. The summed E-state index contributed by atoms with van der Waals surface area (Å²) in [5, 5.41) is 8.35. The summed E-state index contributed by atoms with van der Waals surface area (Å²) in [6.07, 6.45) is -0.228. The van der Waals surface area contributed by atoms with E-state index < -0.39 is 0 Å². The van der Waals surface area contributed by atoms with E-state index in [-0.39, 0.29) is 11.7 Å². The van der Waals surface area contributed by atoms with Crippen LogP contribution in [0, 0.1) is 0 Å². The molecule has 1 aromatic carbocycles. The van der Waals surface area contributed by atoms with Crippen molar-refractivity contribution in [1.29, 1.82) is 0 Å². The van der Waals surface area contributed by atoms with Gasteiger partial charge in [0.2, 0.25) is 0 Å². The minimum Gasteiger partial charge on any atom is -0.487 e. The quantitative estimate of drug-likeness (QED) is 0.892. The lowest BCUT2D eigenvalue weighted by atomic mass is 10.3. The normalized spacial score (nSPS) is 16.0. The molecule has 1 atom stereocenters. The molecule has 1 saturated heterocycles. The Bertz CT molecular complexity index is 743. The van der Waals surface area contributed by atoms with Crippen LogP contribution in [-0.4, -0.2) is 42.1 Å². The van der Waals surface area contributed by atoms with Gasteiger partial charge in [0.25, 0.3) is 5.56 Å². The van der Waals surface area contributed by atoms with Crippen molar-refractivity contribution < 1.29 is 4.74 Å². The van der Waals surface area contributed by atoms with Gasteiger partial charge in [-0.25, -0.2) is 4.68 Å². The van der Waals surface area contributed by atoms with Gasteiger partial charge in [-0.05, 0) is 25.1 Å². The van der Waals surface area contributed by atoms with E-state index in [9.17, 15) is 4.79 Å². The number of hydrogen-bond acceptors (Lipinski definition) is 5. The second-order valence-electron chi connectivity index (χ2n) is 5.81. The van der Waals surface area contributed by atoms with Crippen LogP contribution in [0.1, 0.15) is 6.92 Å². The summed E-state index contributed by atoms with van der Waals surface area (Å²) in [7, 11) is 0. The molecular weight excluding hydrogens is 328 g/mol. The van der Waals surface area contributed by atoms with Crippen LogP contribution in [0.4, 0.5) is 5.82 Å². The summed E-state index contributed by atoms with van der Waals surface area (Å²) in [6.45, 7) is 5.88. The molecule has 3 rings (SSSR count). The fraction of sp³-hybridized carbons (Fsp3) is 0.412. The van der Waals surface area contributed by atoms with Crippen molar-refractivity contribution in [2.75, 3.05) is 31.1 Å². The fourth-order valence-corrected chi connectivity index (χ4v) is 2.85. The van der Waals surface area contributed by atoms with Gasteiger partial charge < -0.3 is 15.0 Å². The zero-order valence-electron chi connectivity index (χ0n) is 13.6. The molecule has 0 amide bonds. The molecule has 0 saturated carbocycles. The van der Waals surface area contributed by atoms with Crippen LogP contribution in [0.3, 0.4) is 0 Å². The number of para-hydroxylation sites is 1. The highest BCUT2D eigenvalue weighted by Gasteiger charge is 2.14. The van der Waals surface area contributed by atoms with E-state index in [0.29, 0.717) is 17.3 Å². The van der Waals surface area contributed by atoms with Crippen LogP contribution in [-0.2, 0) is 6.54 Å².